The van der Waals surface area contributed by atoms with E-state index < -0.39 is 15.6 Å². The van der Waals surface area contributed by atoms with Gasteiger partial charge < -0.3 is 9.84 Å². The molecule has 0 saturated carbocycles. The van der Waals surface area contributed by atoms with Crippen molar-refractivity contribution < 1.29 is 18.3 Å². The van der Waals surface area contributed by atoms with E-state index >= 15 is 0 Å². The van der Waals surface area contributed by atoms with E-state index in [2.05, 4.69) is 9.82 Å². The molecule has 1 aromatic carbocycles. The smallest absolute Gasteiger partial charge is 0.243 e. The third kappa shape index (κ3) is 3.17. The van der Waals surface area contributed by atoms with E-state index in [1.165, 1.54) is 17.1 Å². The molecule has 3 rings (SSSR count). The summed E-state index contributed by atoms with van der Waals surface area (Å²) in [5.74, 6) is 0.731. The highest BCUT2D eigenvalue weighted by atomic mass is 32.2. The fourth-order valence-corrected chi connectivity index (χ4v) is 4.16. The number of ether oxygens (including phenoxy) is 1. The van der Waals surface area contributed by atoms with Crippen LogP contribution in [-0.2, 0) is 29.1 Å². The van der Waals surface area contributed by atoms with E-state index in [1.807, 2.05) is 12.1 Å². The molecule has 1 unspecified atom stereocenters. The van der Waals surface area contributed by atoms with Crippen molar-refractivity contribution in [1.82, 2.24) is 14.5 Å². The molecular formula is C16H21N3O4S. The van der Waals surface area contributed by atoms with Gasteiger partial charge in [-0.15, -0.1) is 0 Å². The average molecular weight is 351 g/mol. The molecule has 0 aliphatic heterocycles. The third-order valence-electron chi connectivity index (χ3n) is 4.40. The van der Waals surface area contributed by atoms with E-state index in [0.29, 0.717) is 6.42 Å². The quantitative estimate of drug-likeness (QED) is 0.836. The van der Waals surface area contributed by atoms with E-state index in [1.54, 1.807) is 20.2 Å². The van der Waals surface area contributed by atoms with Crippen molar-refractivity contribution >= 4 is 10.0 Å². The summed E-state index contributed by atoms with van der Waals surface area (Å²) in [6.45, 7) is -0.0798. The highest BCUT2D eigenvalue weighted by Gasteiger charge is 2.36. The molecule has 1 atom stereocenters. The molecule has 24 heavy (non-hydrogen) atoms. The van der Waals surface area contributed by atoms with Crippen molar-refractivity contribution in [2.45, 2.75) is 29.8 Å². The molecule has 2 aromatic rings. The van der Waals surface area contributed by atoms with Gasteiger partial charge in [0.1, 0.15) is 16.2 Å². The molecule has 1 aromatic heterocycles. The summed E-state index contributed by atoms with van der Waals surface area (Å²) in [4.78, 5) is 0.0827. The number of fused-ring (bicyclic) bond motifs is 1. The van der Waals surface area contributed by atoms with E-state index in [9.17, 15) is 13.5 Å². The lowest BCUT2D eigenvalue weighted by Crippen LogP contribution is -2.42. The van der Waals surface area contributed by atoms with Crippen molar-refractivity contribution in [2.24, 2.45) is 7.05 Å². The zero-order valence-corrected chi connectivity index (χ0v) is 14.5. The standard InChI is InChI=1S/C16H21N3O4S/c1-19-10-14(9-17-19)24(21,22)18-11-16(20)7-3-4-12-8-13(23-2)5-6-15(12)16/h5-6,8-10,18,20H,3-4,7,11H2,1-2H3. The first-order valence-corrected chi connectivity index (χ1v) is 9.20. The van der Waals surface area contributed by atoms with Gasteiger partial charge in [-0.2, -0.15) is 5.10 Å². The molecular weight excluding hydrogens is 330 g/mol. The van der Waals surface area contributed by atoms with Gasteiger partial charge in [0.25, 0.3) is 0 Å². The number of nitrogens with zero attached hydrogens (tertiary/aromatic N) is 2. The van der Waals surface area contributed by atoms with Crippen LogP contribution < -0.4 is 9.46 Å². The molecule has 0 saturated heterocycles. The van der Waals surface area contributed by atoms with E-state index in [4.69, 9.17) is 4.74 Å². The Bertz CT molecular complexity index is 847. The largest absolute Gasteiger partial charge is 0.497 e. The molecule has 2 N–H and O–H groups in total. The van der Waals surface area contributed by atoms with Gasteiger partial charge in [0.15, 0.2) is 0 Å². The number of aliphatic hydroxyl groups is 1. The molecule has 8 heteroatoms. The number of benzene rings is 1. The van der Waals surface area contributed by atoms with Gasteiger partial charge in [-0.05, 0) is 42.5 Å². The van der Waals surface area contributed by atoms with Crippen LogP contribution in [0, 0.1) is 0 Å². The Morgan fingerprint density at radius 2 is 2.25 bits per heavy atom. The molecule has 7 nitrogen and oxygen atoms in total. The Hall–Kier alpha value is -1.90. The zero-order valence-electron chi connectivity index (χ0n) is 13.7. The predicted octanol–water partition coefficient (Wildman–Crippen LogP) is 0.931. The Morgan fingerprint density at radius 1 is 1.46 bits per heavy atom. The minimum absolute atomic E-state index is 0.0798. The fraction of sp³-hybridized carbons (Fsp3) is 0.438. The minimum atomic E-state index is -3.71. The maximum Gasteiger partial charge on any atom is 0.243 e. The van der Waals surface area contributed by atoms with Crippen molar-refractivity contribution in [3.05, 3.63) is 41.7 Å². The zero-order chi connectivity index (χ0) is 17.4. The highest BCUT2D eigenvalue weighted by Crippen LogP contribution is 2.36. The minimum Gasteiger partial charge on any atom is -0.497 e. The van der Waals surface area contributed by atoms with Crippen LogP contribution in [0.3, 0.4) is 0 Å². The molecule has 1 aliphatic carbocycles. The monoisotopic (exact) mass is 351 g/mol. The van der Waals surface area contributed by atoms with E-state index in [0.717, 1.165) is 29.7 Å². The summed E-state index contributed by atoms with van der Waals surface area (Å²) in [6, 6.07) is 5.49. The first kappa shape index (κ1) is 16.9. The Balaban J connectivity index is 1.83. The number of rotatable bonds is 5. The summed E-state index contributed by atoms with van der Waals surface area (Å²) in [6.07, 6.45) is 4.83. The van der Waals surface area contributed by atoms with Crippen molar-refractivity contribution in [2.75, 3.05) is 13.7 Å². The molecule has 130 valence electrons. The van der Waals surface area contributed by atoms with Gasteiger partial charge in [0.05, 0.1) is 13.3 Å². The maximum absolute atomic E-state index is 12.3. The molecule has 0 radical (unpaired) electrons. The van der Waals surface area contributed by atoms with Crippen LogP contribution >= 0.6 is 0 Å². The normalized spacial score (nSPS) is 20.6. The summed E-state index contributed by atoms with van der Waals surface area (Å²) in [7, 11) is -0.464. The maximum atomic E-state index is 12.3. The summed E-state index contributed by atoms with van der Waals surface area (Å²) in [5, 5.41) is 14.9. The van der Waals surface area contributed by atoms with Crippen molar-refractivity contribution in [1.29, 1.82) is 0 Å². The first-order chi connectivity index (χ1) is 11.3. The third-order valence-corrected chi connectivity index (χ3v) is 5.75. The second-order valence-corrected chi connectivity index (χ2v) is 7.85. The van der Waals surface area contributed by atoms with Crippen LogP contribution in [-0.4, -0.2) is 37.0 Å². The van der Waals surface area contributed by atoms with Crippen LogP contribution in [0.15, 0.2) is 35.5 Å². The lowest BCUT2D eigenvalue weighted by Gasteiger charge is -2.34. The second kappa shape index (κ2) is 6.19. The molecule has 0 bridgehead atoms. The van der Waals surface area contributed by atoms with Crippen LogP contribution in [0.2, 0.25) is 0 Å². The Morgan fingerprint density at radius 3 is 2.92 bits per heavy atom. The van der Waals surface area contributed by atoms with E-state index in [-0.39, 0.29) is 11.4 Å². The fourth-order valence-electron chi connectivity index (χ4n) is 3.08. The Labute approximate surface area is 141 Å². The number of sulfonamides is 1. The summed E-state index contributed by atoms with van der Waals surface area (Å²) >= 11 is 0. The highest BCUT2D eigenvalue weighted by molar-refractivity contribution is 7.89. The molecule has 0 spiro atoms. The number of hydrogen-bond acceptors (Lipinski definition) is 5. The molecule has 1 heterocycles. The van der Waals surface area contributed by atoms with Crippen LogP contribution in [0.4, 0.5) is 0 Å². The van der Waals surface area contributed by atoms with Gasteiger partial charge in [-0.25, -0.2) is 13.1 Å². The van der Waals surface area contributed by atoms with Gasteiger partial charge in [0, 0.05) is 19.8 Å². The predicted molar refractivity (Wildman–Crippen MR) is 88.2 cm³/mol. The summed E-state index contributed by atoms with van der Waals surface area (Å²) in [5.41, 5.74) is 0.516. The van der Waals surface area contributed by atoms with Gasteiger partial charge in [-0.1, -0.05) is 6.07 Å². The number of methoxy groups -OCH3 is 1. The lowest BCUT2D eigenvalue weighted by molar-refractivity contribution is 0.0242. The van der Waals surface area contributed by atoms with Gasteiger partial charge in [0.2, 0.25) is 10.0 Å². The van der Waals surface area contributed by atoms with Crippen molar-refractivity contribution in [3.8, 4) is 5.75 Å². The van der Waals surface area contributed by atoms with Crippen molar-refractivity contribution in [3.63, 3.8) is 0 Å². The topological polar surface area (TPSA) is 93.4 Å². The van der Waals surface area contributed by atoms with Gasteiger partial charge >= 0.3 is 0 Å². The SMILES string of the molecule is COc1ccc2c(c1)CCCC2(O)CNS(=O)(=O)c1cnn(C)c1. The van der Waals surface area contributed by atoms with Crippen LogP contribution in [0.1, 0.15) is 24.0 Å². The summed E-state index contributed by atoms with van der Waals surface area (Å²) < 4.78 is 33.8. The lowest BCUT2D eigenvalue weighted by atomic mass is 9.79. The Kier molecular flexibility index (Phi) is 4.37. The van der Waals surface area contributed by atoms with Gasteiger partial charge in [-0.3, -0.25) is 4.68 Å². The molecule has 0 amide bonds. The number of aryl methyl sites for hydroxylation is 2. The number of aromatic nitrogens is 2. The average Bonchev–Trinajstić information content (AvgIpc) is 3.00. The number of nitrogens with one attached hydrogen (secondary N) is 1. The first-order valence-electron chi connectivity index (χ1n) is 7.72. The number of hydrogen-bond donors (Lipinski definition) is 2. The second-order valence-electron chi connectivity index (χ2n) is 6.08. The molecule has 1 aliphatic rings. The molecule has 0 fully saturated rings. The van der Waals surface area contributed by atoms with Crippen LogP contribution in [0.25, 0.3) is 0 Å². The van der Waals surface area contributed by atoms with Crippen LogP contribution in [0.5, 0.6) is 5.75 Å².